The van der Waals surface area contributed by atoms with Crippen LogP contribution in [-0.2, 0) is 6.42 Å². The van der Waals surface area contributed by atoms with Gasteiger partial charge in [-0.05, 0) is 49.1 Å². The van der Waals surface area contributed by atoms with Gasteiger partial charge in [0.05, 0.1) is 13.2 Å². The standard InChI is InChI=1S/C17H21FN2O/c1-12-5-3-4-6-13(12)7-9-16(20-19)15-11-14(18)8-10-17(15)21-2/h3-6,8,10-11,16,20H,7,9,19H2,1-2H3. The highest BCUT2D eigenvalue weighted by atomic mass is 19.1. The van der Waals surface area contributed by atoms with E-state index in [0.29, 0.717) is 5.75 Å². The van der Waals surface area contributed by atoms with E-state index in [9.17, 15) is 4.39 Å². The summed E-state index contributed by atoms with van der Waals surface area (Å²) in [6.45, 7) is 2.09. The van der Waals surface area contributed by atoms with Gasteiger partial charge in [-0.2, -0.15) is 0 Å². The molecule has 3 nitrogen and oxygen atoms in total. The van der Waals surface area contributed by atoms with Crippen LogP contribution < -0.4 is 16.0 Å². The van der Waals surface area contributed by atoms with E-state index in [2.05, 4.69) is 24.5 Å². The molecule has 0 saturated heterocycles. The lowest BCUT2D eigenvalue weighted by Gasteiger charge is -2.19. The number of nitrogens with one attached hydrogen (secondary N) is 1. The Bertz CT molecular complexity index is 601. The van der Waals surface area contributed by atoms with Crippen LogP contribution in [0, 0.1) is 12.7 Å². The lowest BCUT2D eigenvalue weighted by atomic mass is 9.96. The van der Waals surface area contributed by atoms with Crippen LogP contribution in [-0.4, -0.2) is 7.11 Å². The number of hydrogen-bond donors (Lipinski definition) is 2. The molecule has 0 radical (unpaired) electrons. The third-order valence-corrected chi connectivity index (χ3v) is 3.73. The van der Waals surface area contributed by atoms with Crippen LogP contribution in [0.3, 0.4) is 0 Å². The molecule has 0 aliphatic carbocycles. The van der Waals surface area contributed by atoms with Crippen molar-refractivity contribution in [2.45, 2.75) is 25.8 Å². The van der Waals surface area contributed by atoms with E-state index in [-0.39, 0.29) is 11.9 Å². The quantitative estimate of drug-likeness (QED) is 0.633. The Kier molecular flexibility index (Phi) is 5.31. The lowest BCUT2D eigenvalue weighted by Crippen LogP contribution is -2.29. The topological polar surface area (TPSA) is 47.3 Å². The van der Waals surface area contributed by atoms with Gasteiger partial charge in [-0.1, -0.05) is 24.3 Å². The maximum Gasteiger partial charge on any atom is 0.123 e. The number of aryl methyl sites for hydroxylation is 2. The van der Waals surface area contributed by atoms with Crippen LogP contribution >= 0.6 is 0 Å². The zero-order valence-corrected chi connectivity index (χ0v) is 12.4. The smallest absolute Gasteiger partial charge is 0.123 e. The fraction of sp³-hybridized carbons (Fsp3) is 0.294. The van der Waals surface area contributed by atoms with Gasteiger partial charge < -0.3 is 4.74 Å². The Labute approximate surface area is 124 Å². The molecular weight excluding hydrogens is 267 g/mol. The fourth-order valence-electron chi connectivity index (χ4n) is 2.50. The van der Waals surface area contributed by atoms with Crippen LogP contribution in [0.1, 0.15) is 29.2 Å². The Morgan fingerprint density at radius 2 is 2.00 bits per heavy atom. The van der Waals surface area contributed by atoms with Gasteiger partial charge in [-0.25, -0.2) is 4.39 Å². The highest BCUT2D eigenvalue weighted by Crippen LogP contribution is 2.28. The molecule has 0 aromatic heterocycles. The van der Waals surface area contributed by atoms with Crippen molar-refractivity contribution in [2.24, 2.45) is 5.84 Å². The first-order valence-electron chi connectivity index (χ1n) is 6.99. The molecule has 21 heavy (non-hydrogen) atoms. The van der Waals surface area contributed by atoms with Crippen molar-refractivity contribution in [3.63, 3.8) is 0 Å². The minimum Gasteiger partial charge on any atom is -0.496 e. The SMILES string of the molecule is COc1ccc(F)cc1C(CCc1ccccc1C)NN. The van der Waals surface area contributed by atoms with Crippen molar-refractivity contribution < 1.29 is 9.13 Å². The predicted octanol–water partition coefficient (Wildman–Crippen LogP) is 3.28. The maximum absolute atomic E-state index is 13.5. The predicted molar refractivity (Wildman–Crippen MR) is 82.5 cm³/mol. The van der Waals surface area contributed by atoms with Crippen LogP contribution in [0.4, 0.5) is 4.39 Å². The second-order valence-electron chi connectivity index (χ2n) is 5.07. The summed E-state index contributed by atoms with van der Waals surface area (Å²) < 4.78 is 18.8. The van der Waals surface area contributed by atoms with Gasteiger partial charge in [0.1, 0.15) is 11.6 Å². The van der Waals surface area contributed by atoms with Crippen molar-refractivity contribution in [3.8, 4) is 5.75 Å². The first-order chi connectivity index (χ1) is 10.2. The van der Waals surface area contributed by atoms with Crippen molar-refractivity contribution in [2.75, 3.05) is 7.11 Å². The van der Waals surface area contributed by atoms with Gasteiger partial charge in [-0.15, -0.1) is 0 Å². The molecule has 2 aromatic rings. The van der Waals surface area contributed by atoms with E-state index in [0.717, 1.165) is 18.4 Å². The number of halogens is 1. The summed E-state index contributed by atoms with van der Waals surface area (Å²) in [5.74, 6) is 6.01. The third kappa shape index (κ3) is 3.80. The number of hydrogen-bond acceptors (Lipinski definition) is 3. The molecule has 1 atom stereocenters. The van der Waals surface area contributed by atoms with E-state index >= 15 is 0 Å². The van der Waals surface area contributed by atoms with Gasteiger partial charge in [0.25, 0.3) is 0 Å². The highest BCUT2D eigenvalue weighted by molar-refractivity contribution is 5.37. The Balaban J connectivity index is 2.17. The molecule has 112 valence electrons. The second-order valence-corrected chi connectivity index (χ2v) is 5.07. The summed E-state index contributed by atoms with van der Waals surface area (Å²) in [4.78, 5) is 0. The van der Waals surface area contributed by atoms with Crippen molar-refractivity contribution in [1.29, 1.82) is 0 Å². The van der Waals surface area contributed by atoms with E-state index < -0.39 is 0 Å². The largest absolute Gasteiger partial charge is 0.496 e. The summed E-state index contributed by atoms with van der Waals surface area (Å²) >= 11 is 0. The first kappa shape index (κ1) is 15.5. The number of ether oxygens (including phenoxy) is 1. The molecule has 0 fully saturated rings. The number of methoxy groups -OCH3 is 1. The fourth-order valence-corrected chi connectivity index (χ4v) is 2.50. The summed E-state index contributed by atoms with van der Waals surface area (Å²) in [6, 6.07) is 12.6. The normalized spacial score (nSPS) is 12.2. The van der Waals surface area contributed by atoms with Gasteiger partial charge >= 0.3 is 0 Å². The molecular formula is C17H21FN2O. The molecule has 0 aliphatic heterocycles. The van der Waals surface area contributed by atoms with Gasteiger partial charge in [0.2, 0.25) is 0 Å². The van der Waals surface area contributed by atoms with Gasteiger partial charge in [0, 0.05) is 5.56 Å². The molecule has 0 amide bonds. The zero-order chi connectivity index (χ0) is 15.2. The summed E-state index contributed by atoms with van der Waals surface area (Å²) in [5.41, 5.74) is 6.03. The molecule has 0 aliphatic rings. The molecule has 2 rings (SSSR count). The van der Waals surface area contributed by atoms with E-state index in [1.165, 1.54) is 23.3 Å². The minimum absolute atomic E-state index is 0.157. The van der Waals surface area contributed by atoms with Crippen LogP contribution in [0.15, 0.2) is 42.5 Å². The van der Waals surface area contributed by atoms with Gasteiger partial charge in [-0.3, -0.25) is 11.3 Å². The number of hydrazine groups is 1. The Morgan fingerprint density at radius 3 is 2.67 bits per heavy atom. The lowest BCUT2D eigenvalue weighted by molar-refractivity contribution is 0.394. The van der Waals surface area contributed by atoms with Crippen LogP contribution in [0.25, 0.3) is 0 Å². The molecule has 0 saturated carbocycles. The van der Waals surface area contributed by atoms with Gasteiger partial charge in [0.15, 0.2) is 0 Å². The van der Waals surface area contributed by atoms with E-state index in [1.54, 1.807) is 13.2 Å². The molecule has 0 heterocycles. The molecule has 0 bridgehead atoms. The monoisotopic (exact) mass is 288 g/mol. The summed E-state index contributed by atoms with van der Waals surface area (Å²) in [7, 11) is 1.58. The second kappa shape index (κ2) is 7.20. The Hall–Kier alpha value is -1.91. The first-order valence-corrected chi connectivity index (χ1v) is 6.99. The number of benzene rings is 2. The van der Waals surface area contributed by atoms with Crippen molar-refractivity contribution >= 4 is 0 Å². The maximum atomic E-state index is 13.5. The van der Waals surface area contributed by atoms with Crippen LogP contribution in [0.5, 0.6) is 5.75 Å². The van der Waals surface area contributed by atoms with Crippen LogP contribution in [0.2, 0.25) is 0 Å². The average molecular weight is 288 g/mol. The van der Waals surface area contributed by atoms with Crippen molar-refractivity contribution in [3.05, 3.63) is 65.0 Å². The van der Waals surface area contributed by atoms with E-state index in [1.807, 2.05) is 12.1 Å². The average Bonchev–Trinajstić information content (AvgIpc) is 2.50. The minimum atomic E-state index is -0.290. The molecule has 0 spiro atoms. The third-order valence-electron chi connectivity index (χ3n) is 3.73. The molecule has 1 unspecified atom stereocenters. The molecule has 2 aromatic carbocycles. The number of nitrogens with two attached hydrogens (primary N) is 1. The zero-order valence-electron chi connectivity index (χ0n) is 12.4. The summed E-state index contributed by atoms with van der Waals surface area (Å²) in [6.07, 6.45) is 1.63. The molecule has 3 N–H and O–H groups in total. The Morgan fingerprint density at radius 1 is 1.24 bits per heavy atom. The summed E-state index contributed by atoms with van der Waals surface area (Å²) in [5, 5.41) is 0. The highest BCUT2D eigenvalue weighted by Gasteiger charge is 2.16. The molecule has 4 heteroatoms. The number of rotatable bonds is 6. The van der Waals surface area contributed by atoms with E-state index in [4.69, 9.17) is 10.6 Å². The van der Waals surface area contributed by atoms with Crippen molar-refractivity contribution in [1.82, 2.24) is 5.43 Å².